The largest absolute Gasteiger partial charge is 0.387 e. The number of nitrogens with zero attached hydrogens (tertiary/aromatic N) is 2. The molecule has 0 amide bonds. The summed E-state index contributed by atoms with van der Waals surface area (Å²) in [4.78, 5) is 3.99. The van der Waals surface area contributed by atoms with E-state index in [2.05, 4.69) is 4.83 Å². The van der Waals surface area contributed by atoms with Gasteiger partial charge in [-0.3, -0.25) is 0 Å². The summed E-state index contributed by atoms with van der Waals surface area (Å²) >= 11 is 0. The van der Waals surface area contributed by atoms with Gasteiger partial charge in [0.05, 0.1) is 26.0 Å². The zero-order chi connectivity index (χ0) is 11.7. The number of hydrogen-bond donors (Lipinski definition) is 0. The summed E-state index contributed by atoms with van der Waals surface area (Å²) in [6, 6.07) is 6.67. The lowest BCUT2D eigenvalue weighted by Gasteiger charge is -2.37. The van der Waals surface area contributed by atoms with Gasteiger partial charge in [0.15, 0.2) is 0 Å². The molecular weight excluding hydrogens is 212 g/mol. The molecule has 0 unspecified atom stereocenters. The van der Waals surface area contributed by atoms with Crippen LogP contribution in [0.1, 0.15) is 5.56 Å². The molecule has 0 aliphatic rings. The highest BCUT2D eigenvalue weighted by Gasteiger charge is 2.10. The van der Waals surface area contributed by atoms with Gasteiger partial charge in [-0.25, -0.2) is 8.42 Å². The second-order valence-corrected chi connectivity index (χ2v) is 5.90. The Balaban J connectivity index is 3.02. The van der Waals surface area contributed by atoms with Crippen molar-refractivity contribution in [1.29, 1.82) is 0 Å². The van der Waals surface area contributed by atoms with Gasteiger partial charge >= 0.3 is 0 Å². The van der Waals surface area contributed by atoms with E-state index in [-0.39, 0.29) is 9.49 Å². The molecule has 1 aromatic carbocycles. The van der Waals surface area contributed by atoms with Crippen LogP contribution in [0.4, 0.5) is 0 Å². The van der Waals surface area contributed by atoms with E-state index in [1.807, 2.05) is 6.92 Å². The molecule has 5 heteroatoms. The first kappa shape index (κ1) is 12.2. The molecule has 0 saturated heterocycles. The van der Waals surface area contributed by atoms with Crippen molar-refractivity contribution < 1.29 is 13.0 Å². The van der Waals surface area contributed by atoms with E-state index < -0.39 is 10.0 Å². The quantitative estimate of drug-likeness (QED) is 0.583. The number of sulfonamides is 1. The molecule has 0 atom stereocenters. The Labute approximate surface area is 91.1 Å². The number of quaternary nitrogens is 1. The number of aryl methyl sites for hydroxylation is 1. The minimum atomic E-state index is -3.54. The average molecular weight is 228 g/mol. The number of benzene rings is 1. The first-order chi connectivity index (χ1) is 6.71. The lowest BCUT2D eigenvalue weighted by atomic mass is 10.2. The third-order valence-electron chi connectivity index (χ3n) is 1.67. The summed E-state index contributed by atoms with van der Waals surface area (Å²) in [6.07, 6.45) is 0. The molecule has 0 heterocycles. The molecule has 0 aliphatic heterocycles. The Morgan fingerprint density at radius 2 is 1.53 bits per heavy atom. The molecule has 0 N–H and O–H groups in total. The van der Waals surface area contributed by atoms with Crippen molar-refractivity contribution in [3.63, 3.8) is 0 Å². The lowest BCUT2D eigenvalue weighted by molar-refractivity contribution is -0.824. The monoisotopic (exact) mass is 228 g/mol. The molecular formula is C10H16N2O2S. The predicted molar refractivity (Wildman–Crippen MR) is 59.8 cm³/mol. The van der Waals surface area contributed by atoms with Gasteiger partial charge in [-0.15, -0.1) is 0 Å². The summed E-state index contributed by atoms with van der Waals surface area (Å²) in [5.74, 6) is 0. The van der Waals surface area contributed by atoms with Gasteiger partial charge in [0.25, 0.3) is 0 Å². The fourth-order valence-electron chi connectivity index (χ4n) is 1.08. The van der Waals surface area contributed by atoms with E-state index in [0.717, 1.165) is 5.56 Å². The summed E-state index contributed by atoms with van der Waals surface area (Å²) in [7, 11) is 1.56. The molecule has 1 rings (SSSR count). The summed E-state index contributed by atoms with van der Waals surface area (Å²) < 4.78 is 23.6. The van der Waals surface area contributed by atoms with Gasteiger partial charge in [-0.2, -0.15) is 0 Å². The standard InChI is InChI=1S/C10H16N2O2S/c1-9-5-7-10(8-6-9)15(13,14)11-12(2,3)4/h5-8H,1-4H3. The van der Waals surface area contributed by atoms with Gasteiger partial charge in [0.2, 0.25) is 0 Å². The van der Waals surface area contributed by atoms with Crippen molar-refractivity contribution in [2.75, 3.05) is 21.1 Å². The SMILES string of the molecule is Cc1ccc(S(=O)(=O)[N-][N+](C)(C)C)cc1. The van der Waals surface area contributed by atoms with Crippen molar-refractivity contribution in [2.45, 2.75) is 11.8 Å². The topological polar surface area (TPSA) is 48.2 Å². The molecule has 0 aromatic heterocycles. The molecule has 0 fully saturated rings. The minimum absolute atomic E-state index is 0.0379. The summed E-state index contributed by atoms with van der Waals surface area (Å²) in [6.45, 7) is 1.91. The molecule has 0 radical (unpaired) electrons. The van der Waals surface area contributed by atoms with Crippen LogP contribution in [0.2, 0.25) is 0 Å². The fourth-order valence-corrected chi connectivity index (χ4v) is 2.30. The van der Waals surface area contributed by atoms with Gasteiger partial charge in [-0.1, -0.05) is 17.7 Å². The van der Waals surface area contributed by atoms with E-state index in [1.54, 1.807) is 45.4 Å². The Hall–Kier alpha value is -0.910. The highest BCUT2D eigenvalue weighted by atomic mass is 32.2. The Morgan fingerprint density at radius 3 is 1.93 bits per heavy atom. The molecule has 4 nitrogen and oxygen atoms in total. The molecule has 84 valence electrons. The fraction of sp³-hybridized carbons (Fsp3) is 0.400. The number of hydrogen-bond acceptors (Lipinski definition) is 2. The first-order valence-electron chi connectivity index (χ1n) is 4.58. The minimum Gasteiger partial charge on any atom is -0.387 e. The first-order valence-corrected chi connectivity index (χ1v) is 6.02. The molecule has 0 aliphatic carbocycles. The Bertz CT molecular complexity index is 429. The zero-order valence-electron chi connectivity index (χ0n) is 9.43. The third-order valence-corrected chi connectivity index (χ3v) is 3.24. The summed E-state index contributed by atoms with van der Waals surface area (Å²) in [5.41, 5.74) is 1.03. The van der Waals surface area contributed by atoms with E-state index in [0.29, 0.717) is 0 Å². The van der Waals surface area contributed by atoms with Gasteiger partial charge in [0, 0.05) is 0 Å². The second-order valence-electron chi connectivity index (χ2n) is 4.31. The summed E-state index contributed by atoms with van der Waals surface area (Å²) in [5, 5.41) is 0. The van der Waals surface area contributed by atoms with E-state index >= 15 is 0 Å². The van der Waals surface area contributed by atoms with Crippen LogP contribution in [-0.4, -0.2) is 34.2 Å². The molecule has 1 aromatic rings. The van der Waals surface area contributed by atoms with E-state index in [9.17, 15) is 8.42 Å². The van der Waals surface area contributed by atoms with Crippen LogP contribution < -0.4 is 0 Å². The molecule has 15 heavy (non-hydrogen) atoms. The second kappa shape index (κ2) is 3.92. The predicted octanol–water partition coefficient (Wildman–Crippen LogP) is 1.68. The maximum Gasteiger partial charge on any atom is 0.142 e. The van der Waals surface area contributed by atoms with Crippen LogP contribution in [0.5, 0.6) is 0 Å². The smallest absolute Gasteiger partial charge is 0.142 e. The third kappa shape index (κ3) is 3.62. The van der Waals surface area contributed by atoms with Crippen LogP contribution in [0.15, 0.2) is 29.2 Å². The lowest BCUT2D eigenvalue weighted by Crippen LogP contribution is -2.31. The van der Waals surface area contributed by atoms with Crippen molar-refractivity contribution in [3.05, 3.63) is 34.7 Å². The van der Waals surface area contributed by atoms with E-state index in [1.165, 1.54) is 0 Å². The van der Waals surface area contributed by atoms with Crippen LogP contribution in [0, 0.1) is 6.92 Å². The maximum atomic E-state index is 11.8. The number of rotatable bonds is 3. The van der Waals surface area contributed by atoms with E-state index in [4.69, 9.17) is 0 Å². The molecule has 0 spiro atoms. The van der Waals surface area contributed by atoms with Crippen molar-refractivity contribution in [1.82, 2.24) is 0 Å². The Kier molecular flexibility index (Phi) is 3.18. The van der Waals surface area contributed by atoms with Crippen LogP contribution in [0.3, 0.4) is 0 Å². The van der Waals surface area contributed by atoms with Crippen LogP contribution in [0.25, 0.3) is 4.83 Å². The van der Waals surface area contributed by atoms with Gasteiger partial charge in [-0.05, 0) is 19.1 Å². The normalized spacial score (nSPS) is 12.8. The Morgan fingerprint density at radius 1 is 1.07 bits per heavy atom. The van der Waals surface area contributed by atoms with Crippen molar-refractivity contribution >= 4 is 10.0 Å². The van der Waals surface area contributed by atoms with Crippen LogP contribution in [-0.2, 0) is 10.0 Å². The highest BCUT2D eigenvalue weighted by Crippen LogP contribution is 2.20. The average Bonchev–Trinajstić information content (AvgIpc) is 2.00. The zero-order valence-corrected chi connectivity index (χ0v) is 10.2. The molecule has 0 saturated carbocycles. The molecule has 0 bridgehead atoms. The van der Waals surface area contributed by atoms with Gasteiger partial charge in [0.1, 0.15) is 10.0 Å². The van der Waals surface area contributed by atoms with Crippen molar-refractivity contribution in [3.8, 4) is 0 Å². The van der Waals surface area contributed by atoms with Crippen LogP contribution >= 0.6 is 0 Å². The van der Waals surface area contributed by atoms with Gasteiger partial charge < -0.3 is 9.42 Å². The van der Waals surface area contributed by atoms with Crippen molar-refractivity contribution in [2.24, 2.45) is 0 Å². The maximum absolute atomic E-state index is 11.8. The highest BCUT2D eigenvalue weighted by molar-refractivity contribution is 7.93.